The van der Waals surface area contributed by atoms with Crippen molar-refractivity contribution in [1.29, 1.82) is 0 Å². The van der Waals surface area contributed by atoms with E-state index in [1.165, 1.54) is 23.8 Å². The predicted octanol–water partition coefficient (Wildman–Crippen LogP) is 4.30. The van der Waals surface area contributed by atoms with Crippen molar-refractivity contribution in [3.63, 3.8) is 0 Å². The van der Waals surface area contributed by atoms with E-state index in [0.717, 1.165) is 30.6 Å². The maximum Gasteiger partial charge on any atom is 0.244 e. The fraction of sp³-hybridized carbons (Fsp3) is 0.370. The third-order valence-corrected chi connectivity index (χ3v) is 6.39. The van der Waals surface area contributed by atoms with E-state index in [2.05, 4.69) is 54.4 Å². The lowest BCUT2D eigenvalue weighted by atomic mass is 9.86. The molecule has 0 unspecified atom stereocenters. The van der Waals surface area contributed by atoms with Crippen molar-refractivity contribution in [3.8, 4) is 0 Å². The Morgan fingerprint density at radius 3 is 2.47 bits per heavy atom. The number of anilines is 2. The largest absolute Gasteiger partial charge is 0.378 e. The van der Waals surface area contributed by atoms with Crippen LogP contribution in [0.4, 0.5) is 15.8 Å². The van der Waals surface area contributed by atoms with E-state index in [9.17, 15) is 17.6 Å². The van der Waals surface area contributed by atoms with Gasteiger partial charge >= 0.3 is 0 Å². The van der Waals surface area contributed by atoms with Crippen molar-refractivity contribution in [3.05, 3.63) is 71.1 Å². The molecule has 194 valence electrons. The van der Waals surface area contributed by atoms with Gasteiger partial charge in [0.25, 0.3) is 0 Å². The normalized spacial score (nSPS) is 14.6. The molecule has 3 rings (SSSR count). The highest BCUT2D eigenvalue weighted by Crippen LogP contribution is 2.31. The monoisotopic (exact) mass is 515 g/mol. The summed E-state index contributed by atoms with van der Waals surface area (Å²) in [5.41, 5.74) is 3.78. The number of hydrogen-bond acceptors (Lipinski definition) is 5. The Bertz CT molecular complexity index is 1260. The van der Waals surface area contributed by atoms with Crippen LogP contribution >= 0.6 is 0 Å². The smallest absolute Gasteiger partial charge is 0.244 e. The molecule has 0 saturated carbocycles. The van der Waals surface area contributed by atoms with Crippen LogP contribution < -0.4 is 14.9 Å². The summed E-state index contributed by atoms with van der Waals surface area (Å²) in [6.07, 6.45) is 5.54. The highest BCUT2D eigenvalue weighted by Gasteiger charge is 2.19. The van der Waals surface area contributed by atoms with Crippen LogP contribution in [0.15, 0.2) is 43.0 Å². The second kappa shape index (κ2) is 11.3. The van der Waals surface area contributed by atoms with Crippen molar-refractivity contribution in [2.45, 2.75) is 32.7 Å². The van der Waals surface area contributed by atoms with E-state index in [-0.39, 0.29) is 29.1 Å². The van der Waals surface area contributed by atoms with Gasteiger partial charge in [0.15, 0.2) is 0 Å². The fourth-order valence-electron chi connectivity index (χ4n) is 3.89. The molecule has 1 heterocycles. The number of ether oxygens (including phenoxy) is 1. The third kappa shape index (κ3) is 7.41. The van der Waals surface area contributed by atoms with Crippen molar-refractivity contribution in [1.82, 2.24) is 5.32 Å². The van der Waals surface area contributed by atoms with Crippen LogP contribution in [-0.2, 0) is 31.5 Å². The van der Waals surface area contributed by atoms with Crippen LogP contribution in [0.5, 0.6) is 0 Å². The van der Waals surface area contributed by atoms with Gasteiger partial charge in [0, 0.05) is 37.0 Å². The summed E-state index contributed by atoms with van der Waals surface area (Å²) >= 11 is 0. The number of amides is 1. The summed E-state index contributed by atoms with van der Waals surface area (Å²) in [7, 11) is -3.65. The summed E-state index contributed by atoms with van der Waals surface area (Å²) in [5.74, 6) is -1.08. The Hall–Kier alpha value is -3.17. The van der Waals surface area contributed by atoms with E-state index >= 15 is 0 Å². The number of benzene rings is 2. The van der Waals surface area contributed by atoms with Crippen LogP contribution in [0.1, 0.15) is 43.0 Å². The molecule has 0 bridgehead atoms. The molecule has 0 atom stereocenters. The lowest BCUT2D eigenvalue weighted by Crippen LogP contribution is -2.36. The average Bonchev–Trinajstić information content (AvgIpc) is 2.82. The Balaban J connectivity index is 1.75. The van der Waals surface area contributed by atoms with Gasteiger partial charge in [-0.3, -0.25) is 9.52 Å². The summed E-state index contributed by atoms with van der Waals surface area (Å²) < 4.78 is 45.2. The highest BCUT2D eigenvalue weighted by molar-refractivity contribution is 7.92. The highest BCUT2D eigenvalue weighted by atomic mass is 32.2. The van der Waals surface area contributed by atoms with Crippen molar-refractivity contribution < 1.29 is 22.3 Å². The number of nitrogens with zero attached hydrogens (tertiary/aromatic N) is 1. The summed E-state index contributed by atoms with van der Waals surface area (Å²) in [5, 5.41) is 2.75. The van der Waals surface area contributed by atoms with Gasteiger partial charge in [-0.15, -0.1) is 0 Å². The van der Waals surface area contributed by atoms with Gasteiger partial charge in [-0.1, -0.05) is 45.6 Å². The first kappa shape index (κ1) is 27.4. The molecule has 1 fully saturated rings. The predicted molar refractivity (Wildman–Crippen MR) is 144 cm³/mol. The molecule has 0 aliphatic carbocycles. The molecule has 0 spiro atoms. The molecule has 1 amide bonds. The van der Waals surface area contributed by atoms with Crippen molar-refractivity contribution >= 4 is 39.5 Å². The second-order valence-electron chi connectivity index (χ2n) is 9.79. The van der Waals surface area contributed by atoms with Crippen LogP contribution in [0.3, 0.4) is 0 Å². The van der Waals surface area contributed by atoms with Crippen LogP contribution in [0, 0.1) is 5.82 Å². The topological polar surface area (TPSA) is 87.7 Å². The van der Waals surface area contributed by atoms with Crippen LogP contribution in [0.2, 0.25) is 0 Å². The number of morpholine rings is 1. The minimum atomic E-state index is -3.65. The molecule has 9 heteroatoms. The minimum absolute atomic E-state index is 0.00734. The van der Waals surface area contributed by atoms with E-state index in [1.807, 2.05) is 6.07 Å². The Kier molecular flexibility index (Phi) is 8.58. The first-order chi connectivity index (χ1) is 16.9. The molecule has 7 nitrogen and oxygen atoms in total. The number of rotatable bonds is 8. The Morgan fingerprint density at radius 1 is 1.17 bits per heavy atom. The first-order valence-corrected chi connectivity index (χ1v) is 13.6. The molecule has 1 aliphatic rings. The second-order valence-corrected chi connectivity index (χ2v) is 11.5. The first-order valence-electron chi connectivity index (χ1n) is 11.7. The van der Waals surface area contributed by atoms with Gasteiger partial charge in [0.1, 0.15) is 5.82 Å². The molecule has 2 aromatic rings. The van der Waals surface area contributed by atoms with E-state index in [0.29, 0.717) is 18.8 Å². The summed E-state index contributed by atoms with van der Waals surface area (Å²) in [4.78, 5) is 14.8. The van der Waals surface area contributed by atoms with Gasteiger partial charge in [0.05, 0.1) is 25.2 Å². The van der Waals surface area contributed by atoms with Gasteiger partial charge in [-0.25, -0.2) is 12.8 Å². The number of halogens is 1. The fourth-order valence-corrected chi connectivity index (χ4v) is 4.47. The average molecular weight is 516 g/mol. The number of sulfonamides is 1. The maximum atomic E-state index is 14.5. The lowest BCUT2D eigenvalue weighted by Gasteiger charge is -2.32. The molecule has 0 aromatic heterocycles. The van der Waals surface area contributed by atoms with Crippen molar-refractivity contribution in [2.24, 2.45) is 0 Å². The van der Waals surface area contributed by atoms with Gasteiger partial charge in [-0.2, -0.15) is 0 Å². The molecular formula is C27H34FN3O4S. The molecule has 0 radical (unpaired) electrons. The van der Waals surface area contributed by atoms with Crippen molar-refractivity contribution in [2.75, 3.05) is 42.2 Å². The van der Waals surface area contributed by atoms with Gasteiger partial charge in [-0.05, 0) is 46.4 Å². The number of nitrogens with one attached hydrogen (secondary N) is 2. The molecule has 2 aromatic carbocycles. The Morgan fingerprint density at radius 2 is 1.86 bits per heavy atom. The molecule has 1 saturated heterocycles. The van der Waals surface area contributed by atoms with E-state index in [1.54, 1.807) is 12.1 Å². The molecule has 36 heavy (non-hydrogen) atoms. The minimum Gasteiger partial charge on any atom is -0.378 e. The quantitative estimate of drug-likeness (QED) is 0.512. The van der Waals surface area contributed by atoms with Gasteiger partial charge in [0.2, 0.25) is 15.9 Å². The number of carbonyl (C=O) groups excluding carboxylic acids is 1. The SMILES string of the molecule is C=Cc1cc(CNC(=O)/C=C/c2ccc(C(C)(C)C)cc2N2CCOCC2)cc(F)c1NS(C)(=O)=O. The standard InChI is InChI=1S/C27H34FN3O4S/c1-6-20-15-19(16-23(28)26(20)30-36(5,33)34)18-29-25(32)10-8-21-7-9-22(27(2,3)4)17-24(21)31-11-13-35-14-12-31/h6-10,15-17,30H,1,11-14,18H2,2-5H3,(H,29,32)/b10-8+. The summed E-state index contributed by atoms with van der Waals surface area (Å²) in [6, 6.07) is 9.04. The van der Waals surface area contributed by atoms with E-state index < -0.39 is 15.8 Å². The molecular weight excluding hydrogens is 481 g/mol. The number of hydrogen-bond donors (Lipinski definition) is 2. The molecule has 2 N–H and O–H groups in total. The zero-order valence-electron chi connectivity index (χ0n) is 21.2. The maximum absolute atomic E-state index is 14.5. The number of carbonyl (C=O) groups is 1. The van der Waals surface area contributed by atoms with Gasteiger partial charge < -0.3 is 15.0 Å². The Labute approximate surface area is 213 Å². The third-order valence-electron chi connectivity index (χ3n) is 5.82. The lowest BCUT2D eigenvalue weighted by molar-refractivity contribution is -0.116. The van der Waals surface area contributed by atoms with Crippen LogP contribution in [-0.4, -0.2) is 46.9 Å². The van der Waals surface area contributed by atoms with Crippen LogP contribution in [0.25, 0.3) is 12.2 Å². The molecule has 1 aliphatic heterocycles. The summed E-state index contributed by atoms with van der Waals surface area (Å²) in [6.45, 7) is 13.1. The van der Waals surface area contributed by atoms with E-state index in [4.69, 9.17) is 4.74 Å². The zero-order chi connectivity index (χ0) is 26.5. The zero-order valence-corrected chi connectivity index (χ0v) is 22.0.